The van der Waals surface area contributed by atoms with Gasteiger partial charge >= 0.3 is 368 Å². The molecule has 0 saturated carbocycles. The number of rotatable bonds is 35. The van der Waals surface area contributed by atoms with Gasteiger partial charge < -0.3 is 0 Å². The first-order valence-electron chi connectivity index (χ1n) is 25.5. The van der Waals surface area contributed by atoms with E-state index in [1.54, 1.807) is 28.3 Å². The molecule has 3 rings (SSSR count). The van der Waals surface area contributed by atoms with Crippen molar-refractivity contribution in [2.75, 3.05) is 0 Å². The molecule has 3 aromatic carbocycles. The maximum atomic E-state index is 2.66. The molecule has 3 aromatic rings. The van der Waals surface area contributed by atoms with Crippen molar-refractivity contribution in [1.29, 1.82) is 0 Å². The van der Waals surface area contributed by atoms with Gasteiger partial charge in [-0.25, -0.2) is 0 Å². The molecule has 0 amide bonds. The van der Waals surface area contributed by atoms with Crippen LogP contribution < -0.4 is 11.6 Å². The summed E-state index contributed by atoms with van der Waals surface area (Å²) in [7, 11) is 0. The molecule has 0 unspecified atom stereocenters. The van der Waals surface area contributed by atoms with E-state index < -0.39 is 16.6 Å². The van der Waals surface area contributed by atoms with Gasteiger partial charge in [-0.05, 0) is 0 Å². The van der Waals surface area contributed by atoms with Gasteiger partial charge in [-0.15, -0.1) is 0 Å². The van der Waals surface area contributed by atoms with Gasteiger partial charge in [-0.3, -0.25) is 0 Å². The zero-order chi connectivity index (χ0) is 41.7. The van der Waals surface area contributed by atoms with Crippen LogP contribution in [-0.4, -0.2) is 0 Å². The Balaban J connectivity index is 2.05. The van der Waals surface area contributed by atoms with Crippen molar-refractivity contribution in [2.45, 2.75) is 233 Å². The summed E-state index contributed by atoms with van der Waals surface area (Å²) < 4.78 is 6.79. The van der Waals surface area contributed by atoms with E-state index in [9.17, 15) is 0 Å². The van der Waals surface area contributed by atoms with E-state index in [4.69, 9.17) is 0 Å². The molecule has 0 spiro atoms. The van der Waals surface area contributed by atoms with Gasteiger partial charge in [0.2, 0.25) is 0 Å². The number of hydrogen-bond donors (Lipinski definition) is 0. The van der Waals surface area contributed by atoms with Crippen LogP contribution in [0, 0.1) is 17.8 Å². The Kier molecular flexibility index (Phi) is 27.3. The van der Waals surface area contributed by atoms with Crippen molar-refractivity contribution in [3.8, 4) is 0 Å². The second-order valence-electron chi connectivity index (χ2n) is 19.8. The van der Waals surface area contributed by atoms with Gasteiger partial charge in [0.25, 0.3) is 0 Å². The fraction of sp³-hybridized carbons (Fsp3) is 0.684. The van der Waals surface area contributed by atoms with Crippen LogP contribution in [0.1, 0.15) is 226 Å². The Hall–Kier alpha value is -1.63. The van der Waals surface area contributed by atoms with Crippen LogP contribution in [0.5, 0.6) is 0 Å². The molecule has 0 nitrogen and oxygen atoms in total. The number of unbranched alkanes of at least 4 members (excludes halogenated alkanes) is 18. The third-order valence-corrected chi connectivity index (χ3v) is 21.6. The molecule has 0 saturated heterocycles. The molecule has 0 atom stereocenters. The van der Waals surface area contributed by atoms with E-state index in [0.717, 1.165) is 17.8 Å². The molecular weight excluding hydrogens is 732 g/mol. The van der Waals surface area contributed by atoms with Crippen molar-refractivity contribution in [2.24, 2.45) is 17.8 Å². The SMILES string of the molecule is CCCCCCCCCCC[CH2][Ti]([c]1ccccc1CCCCCCC(C)C)([c]1ccccc1CCCCCCC(C)C)[c]1ccccc1CCCCCCC(C)C. The average molecular weight is 827 g/mol. The van der Waals surface area contributed by atoms with Gasteiger partial charge in [0, 0.05) is 0 Å². The van der Waals surface area contributed by atoms with Crippen molar-refractivity contribution in [3.05, 3.63) is 89.5 Å². The molecule has 0 aliphatic rings. The summed E-state index contributed by atoms with van der Waals surface area (Å²) >= 11 is -3.22. The summed E-state index contributed by atoms with van der Waals surface area (Å²) in [5.74, 6) is 2.46. The van der Waals surface area contributed by atoms with E-state index in [0.29, 0.717) is 0 Å². The van der Waals surface area contributed by atoms with Crippen LogP contribution in [0.25, 0.3) is 0 Å². The number of benzene rings is 3. The monoisotopic (exact) mass is 827 g/mol. The normalized spacial score (nSPS) is 12.1. The first-order chi connectivity index (χ1) is 28.3. The molecule has 0 aliphatic heterocycles. The van der Waals surface area contributed by atoms with E-state index in [-0.39, 0.29) is 0 Å². The zero-order valence-corrected chi connectivity index (χ0v) is 41.2. The molecule has 0 aliphatic carbocycles. The summed E-state index contributed by atoms with van der Waals surface area (Å²) in [6, 6.07) is 30.1. The van der Waals surface area contributed by atoms with Gasteiger partial charge in [0.15, 0.2) is 0 Å². The van der Waals surface area contributed by atoms with E-state index in [1.807, 2.05) is 0 Å². The first-order valence-corrected chi connectivity index (χ1v) is 29.0. The molecule has 0 N–H and O–H groups in total. The second-order valence-corrected chi connectivity index (χ2v) is 26.0. The van der Waals surface area contributed by atoms with E-state index in [2.05, 4.69) is 121 Å². The minimum absolute atomic E-state index is 0.820. The summed E-state index contributed by atoms with van der Waals surface area (Å²) in [5.41, 5.74) is 5.06. The molecule has 0 radical (unpaired) electrons. The second kappa shape index (κ2) is 31.3. The van der Waals surface area contributed by atoms with Crippen LogP contribution in [0.15, 0.2) is 72.8 Å². The molecule has 0 fully saturated rings. The number of aryl methyl sites for hydroxylation is 3. The van der Waals surface area contributed by atoms with Gasteiger partial charge in [0.05, 0.1) is 0 Å². The van der Waals surface area contributed by atoms with Gasteiger partial charge in [-0.2, -0.15) is 0 Å². The van der Waals surface area contributed by atoms with Crippen LogP contribution in [-0.2, 0) is 35.9 Å². The molecule has 326 valence electrons. The Morgan fingerprint density at radius 2 is 0.603 bits per heavy atom. The van der Waals surface area contributed by atoms with Crippen LogP contribution in [0.3, 0.4) is 0 Å². The Bertz CT molecular complexity index is 1280. The molecule has 0 aromatic heterocycles. The predicted molar refractivity (Wildman–Crippen MR) is 260 cm³/mol. The van der Waals surface area contributed by atoms with Crippen molar-refractivity contribution in [1.82, 2.24) is 0 Å². The maximum absolute atomic E-state index is 3.22. The molecule has 58 heavy (non-hydrogen) atoms. The summed E-state index contributed by atoms with van der Waals surface area (Å²) in [6.07, 6.45) is 38.2. The van der Waals surface area contributed by atoms with E-state index in [1.165, 1.54) is 185 Å². The van der Waals surface area contributed by atoms with Gasteiger partial charge in [-0.1, -0.05) is 0 Å². The number of hydrogen-bond acceptors (Lipinski definition) is 0. The van der Waals surface area contributed by atoms with Crippen LogP contribution >= 0.6 is 0 Å². The van der Waals surface area contributed by atoms with Crippen molar-refractivity contribution in [3.63, 3.8) is 0 Å². The predicted octanol–water partition coefficient (Wildman–Crippen LogP) is 16.9. The molecule has 1 heteroatoms. The topological polar surface area (TPSA) is 0 Å². The van der Waals surface area contributed by atoms with Gasteiger partial charge in [0.1, 0.15) is 0 Å². The van der Waals surface area contributed by atoms with E-state index >= 15 is 0 Å². The van der Waals surface area contributed by atoms with Crippen molar-refractivity contribution < 1.29 is 16.6 Å². The fourth-order valence-corrected chi connectivity index (χ4v) is 19.0. The third kappa shape index (κ3) is 19.4. The standard InChI is InChI=1S/3C15H23.C12H25.Ti/c3*1-14(2)10-6-3-4-7-11-15-12-8-5-9-13-15;1-3-5-7-9-11-12-10-8-6-4-2;/h3*5,8-9,12,14H,3-4,6-7,10-11H2,1-2H3;1,3-12H2,2H3;. The summed E-state index contributed by atoms with van der Waals surface area (Å²) in [4.78, 5) is 0. The summed E-state index contributed by atoms with van der Waals surface area (Å²) in [5, 5.41) is 0. The molecule has 0 bridgehead atoms. The van der Waals surface area contributed by atoms with Crippen molar-refractivity contribution >= 4 is 11.6 Å². The Morgan fingerprint density at radius 3 is 0.931 bits per heavy atom. The first kappa shape index (κ1) is 50.7. The quantitative estimate of drug-likeness (QED) is 0.0409. The average Bonchev–Trinajstić information content (AvgIpc) is 3.21. The zero-order valence-electron chi connectivity index (χ0n) is 39.7. The molecular formula is C57H94Ti. The Labute approximate surface area is 366 Å². The minimum atomic E-state index is -3.22. The Morgan fingerprint density at radius 1 is 0.328 bits per heavy atom. The van der Waals surface area contributed by atoms with Crippen LogP contribution in [0.4, 0.5) is 0 Å². The third-order valence-electron chi connectivity index (χ3n) is 13.3. The summed E-state index contributed by atoms with van der Waals surface area (Å²) in [6.45, 7) is 16.6. The van der Waals surface area contributed by atoms with Crippen LogP contribution in [0.2, 0.25) is 4.73 Å². The molecule has 0 heterocycles. The fourth-order valence-electron chi connectivity index (χ4n) is 9.85.